The maximum absolute atomic E-state index is 7.16. The van der Waals surface area contributed by atoms with E-state index < -0.39 is 0 Å². The summed E-state index contributed by atoms with van der Waals surface area (Å²) in [6, 6.07) is 26.3. The van der Waals surface area contributed by atoms with Crippen LogP contribution in [0.1, 0.15) is 29.0 Å². The lowest BCUT2D eigenvalue weighted by Crippen LogP contribution is -2.10. The Morgan fingerprint density at radius 3 is 2.54 bits per heavy atom. The second-order valence-electron chi connectivity index (χ2n) is 8.66. The number of anilines is 1. The molecule has 3 heterocycles. The number of aliphatic imine (C=N–C) groups is 1. The van der Waals surface area contributed by atoms with Gasteiger partial charge in [-0.05, 0) is 52.4 Å². The average Bonchev–Trinajstić information content (AvgIpc) is 3.53. The molecule has 35 heavy (non-hydrogen) atoms. The van der Waals surface area contributed by atoms with E-state index in [4.69, 9.17) is 17.3 Å². The summed E-state index contributed by atoms with van der Waals surface area (Å²) < 4.78 is 0. The molecular formula is C28H21N7. The summed E-state index contributed by atoms with van der Waals surface area (Å²) in [5, 5.41) is 11.2. The molecule has 1 aliphatic heterocycles. The second-order valence-corrected chi connectivity index (χ2v) is 8.66. The molecule has 0 spiro atoms. The lowest BCUT2D eigenvalue weighted by molar-refractivity contribution is 0.851. The average molecular weight is 456 g/mol. The van der Waals surface area contributed by atoms with Crippen LogP contribution in [0.25, 0.3) is 27.1 Å². The van der Waals surface area contributed by atoms with Gasteiger partial charge in [0, 0.05) is 18.1 Å². The van der Waals surface area contributed by atoms with Crippen molar-refractivity contribution in [3.63, 3.8) is 0 Å². The molecule has 0 amide bonds. The van der Waals surface area contributed by atoms with Gasteiger partial charge < -0.3 is 5.73 Å². The monoisotopic (exact) mass is 455 g/mol. The highest BCUT2D eigenvalue weighted by Crippen LogP contribution is 2.38. The lowest BCUT2D eigenvalue weighted by atomic mass is 9.85. The molecule has 0 saturated carbocycles. The molecule has 7 heteroatoms. The van der Waals surface area contributed by atoms with Gasteiger partial charge in [-0.25, -0.2) is 9.83 Å². The van der Waals surface area contributed by atoms with Crippen molar-refractivity contribution < 1.29 is 0 Å². The maximum atomic E-state index is 7.16. The van der Waals surface area contributed by atoms with E-state index in [9.17, 15) is 0 Å². The van der Waals surface area contributed by atoms with Crippen molar-refractivity contribution in [2.24, 2.45) is 4.99 Å². The minimum Gasteiger partial charge on any atom is -0.384 e. The number of hydrogen-bond donors (Lipinski definition) is 2. The van der Waals surface area contributed by atoms with Crippen LogP contribution in [-0.4, -0.2) is 26.1 Å². The van der Waals surface area contributed by atoms with E-state index >= 15 is 0 Å². The molecule has 6 rings (SSSR count). The summed E-state index contributed by atoms with van der Waals surface area (Å²) >= 11 is 0. The Morgan fingerprint density at radius 1 is 0.943 bits per heavy atom. The first-order valence-corrected chi connectivity index (χ1v) is 11.4. The summed E-state index contributed by atoms with van der Waals surface area (Å²) in [4.78, 5) is 12.8. The number of nitrogens with one attached hydrogen (secondary N) is 1. The Labute approximate surface area is 202 Å². The molecule has 3 N–H and O–H groups in total. The third-order valence-electron chi connectivity index (χ3n) is 6.44. The topological polar surface area (TPSA) is 97.2 Å². The van der Waals surface area contributed by atoms with Crippen molar-refractivity contribution in [3.05, 3.63) is 107 Å². The zero-order chi connectivity index (χ0) is 23.8. The third-order valence-corrected chi connectivity index (χ3v) is 6.44. The molecule has 0 saturated heterocycles. The first-order valence-electron chi connectivity index (χ1n) is 11.4. The molecule has 0 bridgehead atoms. The minimum atomic E-state index is 0.0165. The van der Waals surface area contributed by atoms with Gasteiger partial charge in [0.1, 0.15) is 11.3 Å². The molecule has 2 aromatic heterocycles. The molecule has 0 fully saturated rings. The molecular weight excluding hydrogens is 434 g/mol. The SMILES string of the molecule is [C-]#[N+]c1ccc(-c2ccc3c(c2)CC(C[C@H](c2ccccc2)c2cc(N)nc4n[nH]nc24)=N3)cc1. The van der Waals surface area contributed by atoms with E-state index in [1.54, 1.807) is 0 Å². The lowest BCUT2D eigenvalue weighted by Gasteiger charge is -2.18. The second kappa shape index (κ2) is 8.50. The molecule has 3 aromatic carbocycles. The number of fused-ring (bicyclic) bond motifs is 2. The van der Waals surface area contributed by atoms with E-state index in [2.05, 4.69) is 55.6 Å². The molecule has 168 valence electrons. The Hall–Kier alpha value is -4.83. The highest BCUT2D eigenvalue weighted by molar-refractivity contribution is 5.96. The fourth-order valence-electron chi connectivity index (χ4n) is 4.76. The fraction of sp³-hybridized carbons (Fsp3) is 0.107. The van der Waals surface area contributed by atoms with Crippen LogP contribution in [0, 0.1) is 6.57 Å². The van der Waals surface area contributed by atoms with Gasteiger partial charge >= 0.3 is 0 Å². The number of pyridine rings is 1. The van der Waals surface area contributed by atoms with Gasteiger partial charge in [-0.1, -0.05) is 60.7 Å². The number of nitrogens with zero attached hydrogens (tertiary/aromatic N) is 5. The van der Waals surface area contributed by atoms with Crippen LogP contribution >= 0.6 is 0 Å². The quantitative estimate of drug-likeness (QED) is 0.317. The smallest absolute Gasteiger partial charge is 0.203 e. The van der Waals surface area contributed by atoms with Gasteiger partial charge in [0.15, 0.2) is 5.69 Å². The fourth-order valence-corrected chi connectivity index (χ4v) is 4.76. The maximum Gasteiger partial charge on any atom is 0.203 e. The van der Waals surface area contributed by atoms with E-state index in [0.717, 1.165) is 46.4 Å². The molecule has 1 atom stereocenters. The summed E-state index contributed by atoms with van der Waals surface area (Å²) in [5.74, 6) is 0.440. The normalized spacial score (nSPS) is 13.3. The van der Waals surface area contributed by atoms with Gasteiger partial charge in [-0.15, -0.1) is 5.10 Å². The molecule has 0 radical (unpaired) electrons. The van der Waals surface area contributed by atoms with E-state index in [1.165, 1.54) is 11.1 Å². The number of H-pyrrole nitrogens is 1. The number of nitrogens with two attached hydrogens (primary N) is 1. The first-order chi connectivity index (χ1) is 17.2. The number of nitrogen functional groups attached to an aromatic ring is 1. The number of benzene rings is 3. The van der Waals surface area contributed by atoms with Crippen LogP contribution in [0.5, 0.6) is 0 Å². The predicted molar refractivity (Wildman–Crippen MR) is 138 cm³/mol. The van der Waals surface area contributed by atoms with Crippen molar-refractivity contribution in [1.82, 2.24) is 20.4 Å². The van der Waals surface area contributed by atoms with Gasteiger partial charge in [-0.2, -0.15) is 10.3 Å². The van der Waals surface area contributed by atoms with Gasteiger partial charge in [0.05, 0.1) is 12.3 Å². The third kappa shape index (κ3) is 3.91. The van der Waals surface area contributed by atoms with E-state index in [0.29, 0.717) is 17.2 Å². The Bertz CT molecular complexity index is 1610. The highest BCUT2D eigenvalue weighted by Gasteiger charge is 2.25. The minimum absolute atomic E-state index is 0.0165. The molecule has 5 aromatic rings. The van der Waals surface area contributed by atoms with Crippen molar-refractivity contribution in [2.75, 3.05) is 5.73 Å². The molecule has 0 aliphatic carbocycles. The van der Waals surface area contributed by atoms with Crippen LogP contribution in [-0.2, 0) is 6.42 Å². The number of hydrogen-bond acceptors (Lipinski definition) is 5. The zero-order valence-corrected chi connectivity index (χ0v) is 18.8. The van der Waals surface area contributed by atoms with Crippen molar-refractivity contribution in [1.29, 1.82) is 0 Å². The Balaban J connectivity index is 1.33. The van der Waals surface area contributed by atoms with Gasteiger partial charge in [0.25, 0.3) is 0 Å². The summed E-state index contributed by atoms with van der Waals surface area (Å²) in [7, 11) is 0. The molecule has 0 unspecified atom stereocenters. The van der Waals surface area contributed by atoms with Crippen LogP contribution < -0.4 is 5.73 Å². The summed E-state index contributed by atoms with van der Waals surface area (Å²) in [5.41, 5.74) is 15.7. The standard InChI is InChI=1S/C28H21N7/c1-30-21-10-7-17(8-11-21)19-9-12-25-20(13-19)14-22(31-25)15-23(18-5-3-2-4-6-18)24-16-26(29)32-28-27(24)33-35-34-28/h2-13,16,23H,14-15H2,(H3,29,32,33,34,35)/t23-/m1/s1. The van der Waals surface area contributed by atoms with Crippen molar-refractivity contribution >= 4 is 34.1 Å². The highest BCUT2D eigenvalue weighted by atomic mass is 15.3. The summed E-state index contributed by atoms with van der Waals surface area (Å²) in [6.07, 6.45) is 1.52. The van der Waals surface area contributed by atoms with Gasteiger partial charge in [-0.3, -0.25) is 4.99 Å². The number of aromatic nitrogens is 4. The number of rotatable bonds is 5. The Morgan fingerprint density at radius 2 is 1.74 bits per heavy atom. The van der Waals surface area contributed by atoms with Crippen LogP contribution in [0.2, 0.25) is 0 Å². The zero-order valence-electron chi connectivity index (χ0n) is 18.8. The van der Waals surface area contributed by atoms with E-state index in [1.807, 2.05) is 48.5 Å². The van der Waals surface area contributed by atoms with Crippen LogP contribution in [0.3, 0.4) is 0 Å². The molecule has 7 nitrogen and oxygen atoms in total. The molecule has 1 aliphatic rings. The first kappa shape index (κ1) is 20.8. The Kier molecular flexibility index (Phi) is 5.04. The van der Waals surface area contributed by atoms with Gasteiger partial charge in [0.2, 0.25) is 5.65 Å². The van der Waals surface area contributed by atoms with Crippen LogP contribution in [0.15, 0.2) is 83.9 Å². The summed E-state index contributed by atoms with van der Waals surface area (Å²) in [6.45, 7) is 7.16. The van der Waals surface area contributed by atoms with E-state index in [-0.39, 0.29) is 5.92 Å². The van der Waals surface area contributed by atoms with Crippen molar-refractivity contribution in [3.8, 4) is 11.1 Å². The predicted octanol–water partition coefficient (Wildman–Crippen LogP) is 6.00. The largest absolute Gasteiger partial charge is 0.384 e. The number of aromatic amines is 1. The van der Waals surface area contributed by atoms with Crippen LogP contribution in [0.4, 0.5) is 17.2 Å². The van der Waals surface area contributed by atoms with Crippen molar-refractivity contribution in [2.45, 2.75) is 18.8 Å².